The van der Waals surface area contributed by atoms with Crippen molar-refractivity contribution in [1.82, 2.24) is 14.8 Å². The number of ether oxygens (including phenoxy) is 1. The SMILES string of the molecule is CC[C@@H]1c2cccn2CCN1C(=O)CNC(=O)c1ccccc1OC. The number of methoxy groups -OCH3 is 1. The van der Waals surface area contributed by atoms with Crippen molar-refractivity contribution in [1.29, 1.82) is 0 Å². The number of hydrogen-bond acceptors (Lipinski definition) is 3. The maximum atomic E-state index is 12.7. The molecule has 1 aromatic carbocycles. The molecule has 0 saturated carbocycles. The number of para-hydroxylation sites is 1. The molecule has 0 radical (unpaired) electrons. The smallest absolute Gasteiger partial charge is 0.255 e. The van der Waals surface area contributed by atoms with E-state index < -0.39 is 0 Å². The Morgan fingerprint density at radius 2 is 2.00 bits per heavy atom. The van der Waals surface area contributed by atoms with Crippen molar-refractivity contribution in [3.8, 4) is 5.75 Å². The van der Waals surface area contributed by atoms with Gasteiger partial charge in [-0.15, -0.1) is 0 Å². The van der Waals surface area contributed by atoms with Crippen molar-refractivity contribution in [2.75, 3.05) is 20.2 Å². The van der Waals surface area contributed by atoms with Gasteiger partial charge in [0.2, 0.25) is 5.91 Å². The first-order chi connectivity index (χ1) is 12.2. The number of hydrogen-bond donors (Lipinski definition) is 1. The van der Waals surface area contributed by atoms with Gasteiger partial charge in [0, 0.05) is 25.0 Å². The van der Waals surface area contributed by atoms with Gasteiger partial charge < -0.3 is 19.5 Å². The van der Waals surface area contributed by atoms with Gasteiger partial charge in [-0.2, -0.15) is 0 Å². The van der Waals surface area contributed by atoms with Crippen LogP contribution in [0.2, 0.25) is 0 Å². The Bertz CT molecular complexity index is 769. The lowest BCUT2D eigenvalue weighted by atomic mass is 10.1. The largest absolute Gasteiger partial charge is 0.496 e. The lowest BCUT2D eigenvalue weighted by molar-refractivity contribution is -0.133. The summed E-state index contributed by atoms with van der Waals surface area (Å²) in [5.74, 6) is 0.122. The number of aromatic nitrogens is 1. The average molecular weight is 341 g/mol. The third-order valence-corrected chi connectivity index (χ3v) is 4.62. The van der Waals surface area contributed by atoms with E-state index in [0.29, 0.717) is 17.9 Å². The highest BCUT2D eigenvalue weighted by Crippen LogP contribution is 2.28. The van der Waals surface area contributed by atoms with Gasteiger partial charge in [0.25, 0.3) is 5.91 Å². The molecule has 2 amide bonds. The molecular formula is C19H23N3O3. The van der Waals surface area contributed by atoms with Crippen LogP contribution in [0.15, 0.2) is 42.6 Å². The molecule has 1 aromatic heterocycles. The first-order valence-electron chi connectivity index (χ1n) is 8.51. The predicted octanol–water partition coefficient (Wildman–Crippen LogP) is 2.22. The van der Waals surface area contributed by atoms with E-state index in [-0.39, 0.29) is 24.4 Å². The minimum Gasteiger partial charge on any atom is -0.496 e. The normalized spacial score (nSPS) is 16.2. The number of carbonyl (C=O) groups is 2. The van der Waals surface area contributed by atoms with Gasteiger partial charge in [0.1, 0.15) is 5.75 Å². The molecule has 6 nitrogen and oxygen atoms in total. The first kappa shape index (κ1) is 17.1. The van der Waals surface area contributed by atoms with E-state index in [0.717, 1.165) is 18.7 Å². The second-order valence-corrected chi connectivity index (χ2v) is 6.02. The number of rotatable bonds is 5. The molecule has 1 aliphatic rings. The Labute approximate surface area is 147 Å². The van der Waals surface area contributed by atoms with Gasteiger partial charge in [-0.25, -0.2) is 0 Å². The summed E-state index contributed by atoms with van der Waals surface area (Å²) < 4.78 is 7.38. The van der Waals surface area contributed by atoms with Crippen LogP contribution in [0.3, 0.4) is 0 Å². The third kappa shape index (κ3) is 3.38. The topological polar surface area (TPSA) is 63.6 Å². The quantitative estimate of drug-likeness (QED) is 0.907. The Morgan fingerprint density at radius 1 is 1.20 bits per heavy atom. The zero-order valence-corrected chi connectivity index (χ0v) is 14.6. The summed E-state index contributed by atoms with van der Waals surface area (Å²) in [5.41, 5.74) is 1.58. The van der Waals surface area contributed by atoms with Crippen molar-refractivity contribution >= 4 is 11.8 Å². The summed E-state index contributed by atoms with van der Waals surface area (Å²) >= 11 is 0. The van der Waals surface area contributed by atoms with E-state index >= 15 is 0 Å². The lowest BCUT2D eigenvalue weighted by Crippen LogP contribution is -2.46. The monoisotopic (exact) mass is 341 g/mol. The van der Waals surface area contributed by atoms with Crippen molar-refractivity contribution in [3.63, 3.8) is 0 Å². The summed E-state index contributed by atoms with van der Waals surface area (Å²) in [6, 6.07) is 11.1. The van der Waals surface area contributed by atoms with E-state index in [1.165, 1.54) is 7.11 Å². The van der Waals surface area contributed by atoms with Crippen LogP contribution in [0, 0.1) is 0 Å². The fourth-order valence-corrected chi connectivity index (χ4v) is 3.38. The fourth-order valence-electron chi connectivity index (χ4n) is 3.38. The highest BCUT2D eigenvalue weighted by Gasteiger charge is 2.29. The number of nitrogens with one attached hydrogen (secondary N) is 1. The maximum absolute atomic E-state index is 12.7. The molecule has 2 heterocycles. The zero-order chi connectivity index (χ0) is 17.8. The molecule has 6 heteroatoms. The molecule has 1 aliphatic heterocycles. The lowest BCUT2D eigenvalue weighted by Gasteiger charge is -2.36. The Balaban J connectivity index is 1.66. The third-order valence-electron chi connectivity index (χ3n) is 4.62. The van der Waals surface area contributed by atoms with E-state index in [9.17, 15) is 9.59 Å². The van der Waals surface area contributed by atoms with E-state index in [2.05, 4.69) is 22.9 Å². The van der Waals surface area contributed by atoms with Crippen molar-refractivity contribution in [2.45, 2.75) is 25.9 Å². The molecule has 0 spiro atoms. The number of amides is 2. The van der Waals surface area contributed by atoms with Crippen molar-refractivity contribution < 1.29 is 14.3 Å². The van der Waals surface area contributed by atoms with E-state index in [1.807, 2.05) is 17.2 Å². The van der Waals surface area contributed by atoms with Crippen LogP contribution in [0.5, 0.6) is 5.75 Å². The molecule has 0 fully saturated rings. The minimum absolute atomic E-state index is 0.0198. The summed E-state index contributed by atoms with van der Waals surface area (Å²) in [6.45, 7) is 3.49. The Kier molecular flexibility index (Phi) is 5.07. The van der Waals surface area contributed by atoms with Gasteiger partial charge in [0.05, 0.1) is 25.3 Å². The number of carbonyl (C=O) groups excluding carboxylic acids is 2. The van der Waals surface area contributed by atoms with E-state index in [4.69, 9.17) is 4.74 Å². The Hall–Kier alpha value is -2.76. The minimum atomic E-state index is -0.306. The molecule has 132 valence electrons. The fraction of sp³-hybridized carbons (Fsp3) is 0.368. The second kappa shape index (κ2) is 7.42. The maximum Gasteiger partial charge on any atom is 0.255 e. The molecule has 0 bridgehead atoms. The van der Waals surface area contributed by atoms with Crippen molar-refractivity contribution in [2.24, 2.45) is 0 Å². The second-order valence-electron chi connectivity index (χ2n) is 6.02. The van der Waals surface area contributed by atoms with Crippen LogP contribution in [0.1, 0.15) is 35.4 Å². The molecule has 1 N–H and O–H groups in total. The molecule has 3 rings (SSSR count). The molecule has 0 saturated heterocycles. The van der Waals surface area contributed by atoms with Gasteiger partial charge in [-0.3, -0.25) is 9.59 Å². The van der Waals surface area contributed by atoms with Gasteiger partial charge in [-0.1, -0.05) is 19.1 Å². The number of benzene rings is 1. The average Bonchev–Trinajstić information content (AvgIpc) is 3.13. The molecule has 2 aromatic rings. The van der Waals surface area contributed by atoms with Crippen LogP contribution in [-0.4, -0.2) is 41.5 Å². The van der Waals surface area contributed by atoms with Crippen molar-refractivity contribution in [3.05, 3.63) is 53.9 Å². The van der Waals surface area contributed by atoms with Crippen LogP contribution >= 0.6 is 0 Å². The van der Waals surface area contributed by atoms with Crippen LogP contribution in [0.25, 0.3) is 0 Å². The summed E-state index contributed by atoms with van der Waals surface area (Å²) in [7, 11) is 1.52. The summed E-state index contributed by atoms with van der Waals surface area (Å²) in [5, 5.41) is 2.72. The highest BCUT2D eigenvalue weighted by atomic mass is 16.5. The Morgan fingerprint density at radius 3 is 2.76 bits per heavy atom. The molecule has 1 atom stereocenters. The van der Waals surface area contributed by atoms with Crippen LogP contribution in [0.4, 0.5) is 0 Å². The zero-order valence-electron chi connectivity index (χ0n) is 14.6. The number of nitrogens with zero attached hydrogens (tertiary/aromatic N) is 2. The number of fused-ring (bicyclic) bond motifs is 1. The summed E-state index contributed by atoms with van der Waals surface area (Å²) in [4.78, 5) is 26.9. The van der Waals surface area contributed by atoms with Gasteiger partial charge in [-0.05, 0) is 30.7 Å². The predicted molar refractivity (Wildman–Crippen MR) is 94.5 cm³/mol. The standard InChI is InChI=1S/C19H23N3O3/c1-3-15-16-8-6-10-21(16)11-12-22(15)18(23)13-20-19(24)14-7-4-5-9-17(14)25-2/h4-10,15H,3,11-13H2,1-2H3,(H,20,24)/t15-/m1/s1. The van der Waals surface area contributed by atoms with Gasteiger partial charge >= 0.3 is 0 Å². The molecule has 0 aliphatic carbocycles. The van der Waals surface area contributed by atoms with E-state index in [1.54, 1.807) is 24.3 Å². The molecule has 0 unspecified atom stereocenters. The first-order valence-corrected chi connectivity index (χ1v) is 8.51. The van der Waals surface area contributed by atoms with Crippen LogP contribution in [-0.2, 0) is 11.3 Å². The summed E-state index contributed by atoms with van der Waals surface area (Å²) in [6.07, 6.45) is 2.89. The van der Waals surface area contributed by atoms with Gasteiger partial charge in [0.15, 0.2) is 0 Å². The highest BCUT2D eigenvalue weighted by molar-refractivity contribution is 5.98. The molecule has 25 heavy (non-hydrogen) atoms. The molecular weight excluding hydrogens is 318 g/mol. The van der Waals surface area contributed by atoms with Crippen LogP contribution < -0.4 is 10.1 Å².